The summed E-state index contributed by atoms with van der Waals surface area (Å²) in [6.45, 7) is 4.02. The summed E-state index contributed by atoms with van der Waals surface area (Å²) in [5.41, 5.74) is 8.27. The van der Waals surface area contributed by atoms with E-state index in [4.69, 9.17) is 27.5 Å². The summed E-state index contributed by atoms with van der Waals surface area (Å²) < 4.78 is 5.81. The summed E-state index contributed by atoms with van der Waals surface area (Å²) in [7, 11) is 0. The van der Waals surface area contributed by atoms with Crippen LogP contribution < -0.4 is 10.5 Å². The second kappa shape index (κ2) is 5.33. The Labute approximate surface area is 117 Å². The van der Waals surface area contributed by atoms with Crippen molar-refractivity contribution in [2.75, 3.05) is 0 Å². The first-order valence-corrected chi connectivity index (χ1v) is 6.23. The molecule has 0 heterocycles. The molecule has 2 aromatic carbocycles. The van der Waals surface area contributed by atoms with E-state index in [1.54, 1.807) is 18.2 Å². The first-order chi connectivity index (χ1) is 8.95. The zero-order chi connectivity index (χ0) is 14.0. The van der Waals surface area contributed by atoms with Crippen molar-refractivity contribution in [3.63, 3.8) is 0 Å². The molecule has 0 saturated heterocycles. The minimum atomic E-state index is -0.0677. The Morgan fingerprint density at radius 3 is 2.32 bits per heavy atom. The van der Waals surface area contributed by atoms with Crippen LogP contribution in [0.3, 0.4) is 0 Å². The summed E-state index contributed by atoms with van der Waals surface area (Å²) in [5.74, 6) is 1.19. The highest BCUT2D eigenvalue weighted by Gasteiger charge is 2.09. The molecular weight excluding hydrogens is 260 g/mol. The van der Waals surface area contributed by atoms with E-state index in [0.29, 0.717) is 16.3 Å². The Hall–Kier alpha value is -2.00. The molecule has 2 rings (SSSR count). The van der Waals surface area contributed by atoms with Crippen LogP contribution in [0.15, 0.2) is 36.4 Å². The molecule has 0 aliphatic rings. The maximum atomic E-state index is 7.56. The molecule has 19 heavy (non-hydrogen) atoms. The largest absolute Gasteiger partial charge is 0.457 e. The molecular formula is C15H15ClN2O. The number of hydrogen-bond donors (Lipinski definition) is 2. The maximum absolute atomic E-state index is 7.56. The Morgan fingerprint density at radius 2 is 1.74 bits per heavy atom. The minimum Gasteiger partial charge on any atom is -0.457 e. The third kappa shape index (κ3) is 3.26. The fourth-order valence-corrected chi connectivity index (χ4v) is 2.09. The van der Waals surface area contributed by atoms with Crippen LogP contribution in [0.25, 0.3) is 0 Å². The van der Waals surface area contributed by atoms with Crippen molar-refractivity contribution < 1.29 is 4.74 Å². The quantitative estimate of drug-likeness (QED) is 0.656. The van der Waals surface area contributed by atoms with Gasteiger partial charge < -0.3 is 10.5 Å². The summed E-state index contributed by atoms with van der Waals surface area (Å²) in [5, 5.41) is 8.09. The zero-order valence-electron chi connectivity index (χ0n) is 10.8. The molecule has 0 amide bonds. The van der Waals surface area contributed by atoms with Crippen molar-refractivity contribution in [2.24, 2.45) is 5.73 Å². The molecule has 3 N–H and O–H groups in total. The zero-order valence-corrected chi connectivity index (χ0v) is 11.6. The molecule has 0 atom stereocenters. The van der Waals surface area contributed by atoms with Gasteiger partial charge in [-0.05, 0) is 55.3 Å². The molecule has 0 bridgehead atoms. The first kappa shape index (κ1) is 13.4. The average molecular weight is 275 g/mol. The number of nitrogens with two attached hydrogens (primary N) is 1. The van der Waals surface area contributed by atoms with Crippen molar-refractivity contribution >= 4 is 17.4 Å². The second-order valence-electron chi connectivity index (χ2n) is 4.48. The molecule has 0 aliphatic carbocycles. The molecule has 2 aromatic rings. The number of benzene rings is 2. The van der Waals surface area contributed by atoms with Gasteiger partial charge in [-0.15, -0.1) is 0 Å². The fourth-order valence-electron chi connectivity index (χ4n) is 1.92. The number of nitrogens with one attached hydrogen (secondary N) is 1. The smallest absolute Gasteiger partial charge is 0.138 e. The van der Waals surface area contributed by atoms with Gasteiger partial charge in [0.05, 0.1) is 5.56 Å². The molecule has 3 nitrogen and oxygen atoms in total. The highest BCUT2D eigenvalue weighted by Crippen LogP contribution is 2.28. The summed E-state index contributed by atoms with van der Waals surface area (Å²) in [6, 6.07) is 11.0. The first-order valence-electron chi connectivity index (χ1n) is 5.86. The third-order valence-electron chi connectivity index (χ3n) is 2.65. The minimum absolute atomic E-state index is 0.0677. The van der Waals surface area contributed by atoms with Crippen LogP contribution in [0.4, 0.5) is 0 Å². The standard InChI is InChI=1S/C15H15ClN2O/c1-9-5-10(2)7-12(6-9)19-14-4-3-11(16)8-13(14)15(17)18/h3-8H,1-2H3,(H3,17,18). The Bertz CT molecular complexity index is 618. The van der Waals surface area contributed by atoms with Gasteiger partial charge in [0.2, 0.25) is 0 Å². The molecule has 0 aromatic heterocycles. The van der Waals surface area contributed by atoms with Gasteiger partial charge in [-0.1, -0.05) is 17.7 Å². The van der Waals surface area contributed by atoms with Crippen LogP contribution in [0.1, 0.15) is 16.7 Å². The number of rotatable bonds is 3. The van der Waals surface area contributed by atoms with E-state index < -0.39 is 0 Å². The topological polar surface area (TPSA) is 59.1 Å². The van der Waals surface area contributed by atoms with E-state index in [0.717, 1.165) is 16.9 Å². The highest BCUT2D eigenvalue weighted by atomic mass is 35.5. The lowest BCUT2D eigenvalue weighted by Gasteiger charge is -2.12. The number of nitrogen functional groups attached to an aromatic ring is 1. The molecule has 0 spiro atoms. The van der Waals surface area contributed by atoms with E-state index in [9.17, 15) is 0 Å². The molecule has 0 saturated carbocycles. The molecule has 0 fully saturated rings. The lowest BCUT2D eigenvalue weighted by atomic mass is 10.1. The van der Waals surface area contributed by atoms with Gasteiger partial charge in [0.25, 0.3) is 0 Å². The molecule has 0 radical (unpaired) electrons. The van der Waals surface area contributed by atoms with E-state index in [-0.39, 0.29) is 5.84 Å². The number of aryl methyl sites for hydroxylation is 2. The molecule has 0 aliphatic heterocycles. The van der Waals surface area contributed by atoms with Gasteiger partial charge in [0, 0.05) is 5.02 Å². The lowest BCUT2D eigenvalue weighted by molar-refractivity contribution is 0.480. The number of hydrogen-bond acceptors (Lipinski definition) is 2. The van der Waals surface area contributed by atoms with Crippen LogP contribution in [0.5, 0.6) is 11.5 Å². The number of halogens is 1. The lowest BCUT2D eigenvalue weighted by Crippen LogP contribution is -2.12. The maximum Gasteiger partial charge on any atom is 0.138 e. The van der Waals surface area contributed by atoms with Crippen LogP contribution in [-0.4, -0.2) is 5.84 Å². The predicted octanol–water partition coefficient (Wildman–Crippen LogP) is 4.03. The van der Waals surface area contributed by atoms with Gasteiger partial charge in [0.15, 0.2) is 0 Å². The van der Waals surface area contributed by atoms with Crippen LogP contribution in [0.2, 0.25) is 5.02 Å². The summed E-state index contributed by atoms with van der Waals surface area (Å²) >= 11 is 5.91. The van der Waals surface area contributed by atoms with Crippen LogP contribution >= 0.6 is 11.6 Å². The van der Waals surface area contributed by atoms with Crippen molar-refractivity contribution in [1.82, 2.24) is 0 Å². The monoisotopic (exact) mass is 274 g/mol. The number of ether oxygens (including phenoxy) is 1. The van der Waals surface area contributed by atoms with E-state index in [1.807, 2.05) is 26.0 Å². The molecule has 98 valence electrons. The van der Waals surface area contributed by atoms with E-state index in [1.165, 1.54) is 0 Å². The van der Waals surface area contributed by atoms with Gasteiger partial charge in [-0.2, -0.15) is 0 Å². The SMILES string of the molecule is Cc1cc(C)cc(Oc2ccc(Cl)cc2C(=N)N)c1. The van der Waals surface area contributed by atoms with E-state index in [2.05, 4.69) is 6.07 Å². The predicted molar refractivity (Wildman–Crippen MR) is 78.5 cm³/mol. The van der Waals surface area contributed by atoms with Crippen molar-refractivity contribution in [1.29, 1.82) is 5.41 Å². The average Bonchev–Trinajstić information content (AvgIpc) is 2.30. The number of amidine groups is 1. The second-order valence-corrected chi connectivity index (χ2v) is 4.92. The Balaban J connectivity index is 2.40. The normalized spacial score (nSPS) is 10.3. The summed E-state index contributed by atoms with van der Waals surface area (Å²) in [4.78, 5) is 0. The van der Waals surface area contributed by atoms with Crippen molar-refractivity contribution in [3.05, 3.63) is 58.1 Å². The highest BCUT2D eigenvalue weighted by molar-refractivity contribution is 6.31. The van der Waals surface area contributed by atoms with Gasteiger partial charge >= 0.3 is 0 Å². The van der Waals surface area contributed by atoms with Crippen molar-refractivity contribution in [3.8, 4) is 11.5 Å². The Morgan fingerprint density at radius 1 is 1.11 bits per heavy atom. The van der Waals surface area contributed by atoms with E-state index >= 15 is 0 Å². The Kier molecular flexibility index (Phi) is 3.76. The third-order valence-corrected chi connectivity index (χ3v) is 2.89. The van der Waals surface area contributed by atoms with Crippen LogP contribution in [0, 0.1) is 19.3 Å². The van der Waals surface area contributed by atoms with Crippen LogP contribution in [-0.2, 0) is 0 Å². The molecule has 4 heteroatoms. The van der Waals surface area contributed by atoms with Crippen molar-refractivity contribution in [2.45, 2.75) is 13.8 Å². The fraction of sp³-hybridized carbons (Fsp3) is 0.133. The van der Waals surface area contributed by atoms with Gasteiger partial charge in [-0.3, -0.25) is 5.41 Å². The summed E-state index contributed by atoms with van der Waals surface area (Å²) in [6.07, 6.45) is 0. The van der Waals surface area contributed by atoms with Gasteiger partial charge in [-0.25, -0.2) is 0 Å². The molecule has 0 unspecified atom stereocenters. The van der Waals surface area contributed by atoms with Gasteiger partial charge in [0.1, 0.15) is 17.3 Å².